The van der Waals surface area contributed by atoms with Crippen LogP contribution in [0.2, 0.25) is 5.02 Å². The van der Waals surface area contributed by atoms with Gasteiger partial charge in [0.1, 0.15) is 11.4 Å². The van der Waals surface area contributed by atoms with Gasteiger partial charge < -0.3 is 4.90 Å². The third-order valence-corrected chi connectivity index (χ3v) is 6.49. The van der Waals surface area contributed by atoms with E-state index in [-0.39, 0.29) is 18.0 Å². The molecule has 1 amide bonds. The van der Waals surface area contributed by atoms with Crippen molar-refractivity contribution in [1.82, 2.24) is 9.55 Å². The van der Waals surface area contributed by atoms with Gasteiger partial charge in [0.15, 0.2) is 0 Å². The van der Waals surface area contributed by atoms with E-state index in [0.717, 1.165) is 27.3 Å². The van der Waals surface area contributed by atoms with Gasteiger partial charge in [-0.3, -0.25) is 14.2 Å². The number of carbonyl (C=O) groups excluding carboxylic acids is 1. The van der Waals surface area contributed by atoms with Crippen molar-refractivity contribution < 1.29 is 4.79 Å². The molecular formula is C24H22ClN3O2S. The van der Waals surface area contributed by atoms with Crippen molar-refractivity contribution in [1.29, 1.82) is 0 Å². The van der Waals surface area contributed by atoms with Crippen molar-refractivity contribution in [3.8, 4) is 11.1 Å². The summed E-state index contributed by atoms with van der Waals surface area (Å²) in [4.78, 5) is 34.3. The van der Waals surface area contributed by atoms with Crippen molar-refractivity contribution in [3.05, 3.63) is 80.7 Å². The number of aromatic nitrogens is 2. The Labute approximate surface area is 189 Å². The van der Waals surface area contributed by atoms with E-state index in [4.69, 9.17) is 11.6 Å². The molecular weight excluding hydrogens is 430 g/mol. The maximum absolute atomic E-state index is 13.4. The van der Waals surface area contributed by atoms with Gasteiger partial charge in [0.05, 0.1) is 11.7 Å². The summed E-state index contributed by atoms with van der Waals surface area (Å²) in [5, 5.41) is 1.18. The zero-order chi connectivity index (χ0) is 22.1. The number of anilines is 1. The monoisotopic (exact) mass is 451 g/mol. The SMILES string of the molecule is CCN(C(=O)Cn1cnc2sc(C)c(-c3ccc(Cl)cc3)c2c1=O)c1cccc(C)c1. The predicted octanol–water partition coefficient (Wildman–Crippen LogP) is 5.45. The predicted molar refractivity (Wildman–Crippen MR) is 128 cm³/mol. The number of aryl methyl sites for hydroxylation is 2. The summed E-state index contributed by atoms with van der Waals surface area (Å²) in [5.74, 6) is -0.156. The van der Waals surface area contributed by atoms with Crippen LogP contribution in [0.15, 0.2) is 59.7 Å². The van der Waals surface area contributed by atoms with Gasteiger partial charge in [-0.2, -0.15) is 0 Å². The topological polar surface area (TPSA) is 55.2 Å². The maximum Gasteiger partial charge on any atom is 0.263 e. The van der Waals surface area contributed by atoms with Gasteiger partial charge in [-0.15, -0.1) is 11.3 Å². The van der Waals surface area contributed by atoms with E-state index in [2.05, 4.69) is 4.98 Å². The molecule has 0 aliphatic heterocycles. The molecule has 0 atom stereocenters. The molecule has 5 nitrogen and oxygen atoms in total. The first-order chi connectivity index (χ1) is 14.9. The van der Waals surface area contributed by atoms with Crippen LogP contribution in [-0.4, -0.2) is 22.0 Å². The first kappa shape index (κ1) is 21.3. The number of halogens is 1. The van der Waals surface area contributed by atoms with Crippen molar-refractivity contribution >= 4 is 44.7 Å². The Balaban J connectivity index is 1.74. The molecule has 0 fully saturated rings. The highest BCUT2D eigenvalue weighted by atomic mass is 35.5. The number of hydrogen-bond donors (Lipinski definition) is 0. The average Bonchev–Trinajstić information content (AvgIpc) is 3.08. The van der Waals surface area contributed by atoms with Crippen LogP contribution in [-0.2, 0) is 11.3 Å². The molecule has 0 N–H and O–H groups in total. The minimum absolute atomic E-state index is 0.0709. The Hall–Kier alpha value is -2.96. The second-order valence-corrected chi connectivity index (χ2v) is 9.01. The van der Waals surface area contributed by atoms with Crippen LogP contribution < -0.4 is 10.5 Å². The quantitative estimate of drug-likeness (QED) is 0.405. The average molecular weight is 452 g/mol. The summed E-state index contributed by atoms with van der Waals surface area (Å²) in [6.45, 7) is 6.33. The summed E-state index contributed by atoms with van der Waals surface area (Å²) >= 11 is 7.51. The molecule has 2 aromatic carbocycles. The lowest BCUT2D eigenvalue weighted by Crippen LogP contribution is -2.36. The van der Waals surface area contributed by atoms with Gasteiger partial charge in [0.25, 0.3) is 5.56 Å². The molecule has 158 valence electrons. The first-order valence-corrected chi connectivity index (χ1v) is 11.2. The molecule has 4 aromatic rings. The Kier molecular flexibility index (Phi) is 5.94. The van der Waals surface area contributed by atoms with Crippen LogP contribution in [0.3, 0.4) is 0 Å². The number of likely N-dealkylation sites (N-methyl/N-ethyl adjacent to an activating group) is 1. The van der Waals surface area contributed by atoms with Gasteiger partial charge >= 0.3 is 0 Å². The van der Waals surface area contributed by atoms with Crippen LogP contribution >= 0.6 is 22.9 Å². The van der Waals surface area contributed by atoms with Crippen LogP contribution in [0.1, 0.15) is 17.4 Å². The standard InChI is InChI=1S/C24H22ClN3O2S/c1-4-28(19-7-5-6-15(2)12-19)20(29)13-27-14-26-23-22(24(27)30)21(16(3)31-23)17-8-10-18(25)11-9-17/h5-12,14H,4,13H2,1-3H3. The van der Waals surface area contributed by atoms with E-state index in [9.17, 15) is 9.59 Å². The zero-order valence-electron chi connectivity index (χ0n) is 17.6. The lowest BCUT2D eigenvalue weighted by molar-refractivity contribution is -0.119. The van der Waals surface area contributed by atoms with Gasteiger partial charge in [-0.1, -0.05) is 35.9 Å². The fourth-order valence-corrected chi connectivity index (χ4v) is 4.87. The molecule has 2 aromatic heterocycles. The number of rotatable bonds is 5. The number of fused-ring (bicyclic) bond motifs is 1. The van der Waals surface area contributed by atoms with E-state index in [1.54, 1.807) is 17.0 Å². The highest BCUT2D eigenvalue weighted by Gasteiger charge is 2.20. The molecule has 31 heavy (non-hydrogen) atoms. The number of carbonyl (C=O) groups is 1. The molecule has 0 saturated heterocycles. The van der Waals surface area contributed by atoms with Crippen LogP contribution in [0.25, 0.3) is 21.3 Å². The molecule has 0 aliphatic carbocycles. The zero-order valence-corrected chi connectivity index (χ0v) is 19.1. The summed E-state index contributed by atoms with van der Waals surface area (Å²) in [6.07, 6.45) is 1.47. The van der Waals surface area contributed by atoms with Crippen LogP contribution in [0, 0.1) is 13.8 Å². The van der Waals surface area contributed by atoms with Crippen LogP contribution in [0.4, 0.5) is 5.69 Å². The molecule has 4 rings (SSSR count). The largest absolute Gasteiger partial charge is 0.311 e. The van der Waals surface area contributed by atoms with E-state index in [1.165, 1.54) is 22.2 Å². The summed E-state index contributed by atoms with van der Waals surface area (Å²) in [6, 6.07) is 15.2. The Morgan fingerprint density at radius 2 is 1.90 bits per heavy atom. The molecule has 0 saturated carbocycles. The minimum atomic E-state index is -0.215. The second kappa shape index (κ2) is 8.65. The summed E-state index contributed by atoms with van der Waals surface area (Å²) in [7, 11) is 0. The summed E-state index contributed by atoms with van der Waals surface area (Å²) < 4.78 is 1.40. The summed E-state index contributed by atoms with van der Waals surface area (Å²) in [5.41, 5.74) is 3.44. The van der Waals surface area contributed by atoms with E-state index in [0.29, 0.717) is 21.8 Å². The fourth-order valence-electron chi connectivity index (χ4n) is 3.74. The number of benzene rings is 2. The number of nitrogens with zero attached hydrogens (tertiary/aromatic N) is 3. The molecule has 2 heterocycles. The lowest BCUT2D eigenvalue weighted by atomic mass is 10.0. The van der Waals surface area contributed by atoms with Gasteiger partial charge in [0, 0.05) is 27.7 Å². The molecule has 7 heteroatoms. The third kappa shape index (κ3) is 4.13. The van der Waals surface area contributed by atoms with Gasteiger partial charge in [0.2, 0.25) is 5.91 Å². The first-order valence-electron chi connectivity index (χ1n) is 10.0. The highest BCUT2D eigenvalue weighted by Crippen LogP contribution is 2.35. The number of amides is 1. The Morgan fingerprint density at radius 1 is 1.16 bits per heavy atom. The van der Waals surface area contributed by atoms with Gasteiger partial charge in [-0.25, -0.2) is 4.98 Å². The van der Waals surface area contributed by atoms with Crippen molar-refractivity contribution in [3.63, 3.8) is 0 Å². The van der Waals surface area contributed by atoms with Crippen molar-refractivity contribution in [2.45, 2.75) is 27.3 Å². The number of thiophene rings is 1. The third-order valence-electron chi connectivity index (χ3n) is 5.22. The molecule has 0 radical (unpaired) electrons. The number of hydrogen-bond acceptors (Lipinski definition) is 4. The van der Waals surface area contributed by atoms with Gasteiger partial charge in [-0.05, 0) is 56.2 Å². The van der Waals surface area contributed by atoms with E-state index in [1.807, 2.05) is 57.2 Å². The van der Waals surface area contributed by atoms with E-state index < -0.39 is 0 Å². The minimum Gasteiger partial charge on any atom is -0.311 e. The Morgan fingerprint density at radius 3 is 2.58 bits per heavy atom. The lowest BCUT2D eigenvalue weighted by Gasteiger charge is -2.22. The molecule has 0 aliphatic rings. The van der Waals surface area contributed by atoms with E-state index >= 15 is 0 Å². The molecule has 0 unspecified atom stereocenters. The maximum atomic E-state index is 13.4. The van der Waals surface area contributed by atoms with Crippen molar-refractivity contribution in [2.75, 3.05) is 11.4 Å². The van der Waals surface area contributed by atoms with Crippen LogP contribution in [0.5, 0.6) is 0 Å². The smallest absolute Gasteiger partial charge is 0.263 e. The van der Waals surface area contributed by atoms with Crippen molar-refractivity contribution in [2.24, 2.45) is 0 Å². The molecule has 0 bridgehead atoms. The Bertz CT molecular complexity index is 1330. The normalized spacial score (nSPS) is 11.1. The highest BCUT2D eigenvalue weighted by molar-refractivity contribution is 7.19. The molecule has 0 spiro atoms. The fraction of sp³-hybridized carbons (Fsp3) is 0.208. The second-order valence-electron chi connectivity index (χ2n) is 7.37.